The molecule has 1 saturated heterocycles. The van der Waals surface area contributed by atoms with Crippen molar-refractivity contribution >= 4 is 33.1 Å². The number of piperidine rings is 1. The van der Waals surface area contributed by atoms with Crippen molar-refractivity contribution < 1.29 is 9.59 Å². The molecule has 128 valence electrons. The first-order valence-electron chi connectivity index (χ1n) is 8.41. The lowest BCUT2D eigenvalue weighted by atomic mass is 9.92. The summed E-state index contributed by atoms with van der Waals surface area (Å²) in [6.07, 6.45) is 5.05. The summed E-state index contributed by atoms with van der Waals surface area (Å²) in [5.74, 6) is 0.325. The van der Waals surface area contributed by atoms with E-state index in [1.165, 1.54) is 4.70 Å². The molecule has 0 saturated carbocycles. The van der Waals surface area contributed by atoms with Crippen LogP contribution in [-0.2, 0) is 7.05 Å². The minimum absolute atomic E-state index is 0.00504. The molecule has 0 bridgehead atoms. The molecule has 0 aliphatic carbocycles. The van der Waals surface area contributed by atoms with E-state index in [0.29, 0.717) is 24.5 Å². The Bertz CT molecular complexity index is 943. The molecule has 0 unspecified atom stereocenters. The maximum absolute atomic E-state index is 12.9. The third-order valence-corrected chi connectivity index (χ3v) is 5.72. The molecule has 1 amide bonds. The number of amides is 1. The number of fused-ring (bicyclic) bond motifs is 1. The van der Waals surface area contributed by atoms with Gasteiger partial charge in [-0.1, -0.05) is 0 Å². The number of carbonyl (C=O) groups excluding carboxylic acids is 2. The molecule has 3 heterocycles. The summed E-state index contributed by atoms with van der Waals surface area (Å²) < 4.78 is 2.92. The summed E-state index contributed by atoms with van der Waals surface area (Å²) in [4.78, 5) is 31.6. The molecule has 0 radical (unpaired) electrons. The van der Waals surface area contributed by atoms with Crippen LogP contribution in [0.3, 0.4) is 0 Å². The average Bonchev–Trinajstić information content (AvgIpc) is 3.28. The van der Waals surface area contributed by atoms with Gasteiger partial charge in [0.05, 0.1) is 0 Å². The summed E-state index contributed by atoms with van der Waals surface area (Å²) in [5, 5.41) is 3.12. The number of ketones is 1. The van der Waals surface area contributed by atoms with Crippen LogP contribution in [-0.4, -0.2) is 39.2 Å². The first kappa shape index (κ1) is 16.0. The highest BCUT2D eigenvalue weighted by Crippen LogP contribution is 2.25. The van der Waals surface area contributed by atoms with E-state index in [4.69, 9.17) is 0 Å². The van der Waals surface area contributed by atoms with Crippen molar-refractivity contribution in [1.29, 1.82) is 0 Å². The van der Waals surface area contributed by atoms with Crippen molar-refractivity contribution in [2.45, 2.75) is 12.8 Å². The summed E-state index contributed by atoms with van der Waals surface area (Å²) in [6.45, 7) is 1.16. The quantitative estimate of drug-likeness (QED) is 0.679. The van der Waals surface area contributed by atoms with E-state index in [1.54, 1.807) is 28.3 Å². The number of carbonyl (C=O) groups is 2. The van der Waals surface area contributed by atoms with Crippen molar-refractivity contribution in [1.82, 2.24) is 14.5 Å². The summed E-state index contributed by atoms with van der Waals surface area (Å²) in [7, 11) is 1.82. The molecule has 1 aliphatic heterocycles. The zero-order valence-corrected chi connectivity index (χ0v) is 14.8. The minimum Gasteiger partial charge on any atom is -0.338 e. The van der Waals surface area contributed by atoms with Gasteiger partial charge in [0.15, 0.2) is 5.82 Å². The molecule has 1 aliphatic rings. The molecule has 0 spiro atoms. The molecule has 1 fully saturated rings. The Kier molecular flexibility index (Phi) is 4.13. The van der Waals surface area contributed by atoms with Crippen LogP contribution in [0.15, 0.2) is 42.0 Å². The lowest BCUT2D eigenvalue weighted by molar-refractivity contribution is 0.0633. The predicted molar refractivity (Wildman–Crippen MR) is 98.0 cm³/mol. The first-order valence-corrected chi connectivity index (χ1v) is 9.29. The number of benzene rings is 1. The zero-order chi connectivity index (χ0) is 17.4. The fourth-order valence-electron chi connectivity index (χ4n) is 3.44. The topological polar surface area (TPSA) is 55.2 Å². The zero-order valence-electron chi connectivity index (χ0n) is 14.0. The van der Waals surface area contributed by atoms with Gasteiger partial charge < -0.3 is 9.47 Å². The molecular weight excluding hydrogens is 334 g/mol. The molecule has 25 heavy (non-hydrogen) atoms. The van der Waals surface area contributed by atoms with Gasteiger partial charge in [-0.25, -0.2) is 4.98 Å². The van der Waals surface area contributed by atoms with E-state index in [2.05, 4.69) is 4.98 Å². The highest BCUT2D eigenvalue weighted by Gasteiger charge is 2.31. The second-order valence-corrected chi connectivity index (χ2v) is 7.44. The number of nitrogens with zero attached hydrogens (tertiary/aromatic N) is 3. The molecule has 2 aromatic heterocycles. The number of imidazole rings is 1. The summed E-state index contributed by atoms with van der Waals surface area (Å²) in [5.41, 5.74) is 0.691. The normalized spacial score (nSPS) is 17.8. The number of thiophene rings is 1. The number of aromatic nitrogens is 2. The van der Waals surface area contributed by atoms with E-state index < -0.39 is 0 Å². The SMILES string of the molecule is Cn1ccnc1C(=O)[C@@H]1CCCN(C(=O)c2ccc3sccc3c2)C1. The Morgan fingerprint density at radius 1 is 1.28 bits per heavy atom. The first-order chi connectivity index (χ1) is 12.1. The van der Waals surface area contributed by atoms with Crippen molar-refractivity contribution in [3.8, 4) is 0 Å². The third kappa shape index (κ3) is 2.98. The van der Waals surface area contributed by atoms with Crippen LogP contribution in [0, 0.1) is 5.92 Å². The van der Waals surface area contributed by atoms with Crippen LogP contribution in [0.25, 0.3) is 10.1 Å². The number of hydrogen-bond donors (Lipinski definition) is 0. The molecule has 3 aromatic rings. The van der Waals surface area contributed by atoms with Gasteiger partial charge in [0.2, 0.25) is 5.78 Å². The second kappa shape index (κ2) is 6.44. The van der Waals surface area contributed by atoms with Crippen molar-refractivity contribution in [3.05, 3.63) is 53.4 Å². The van der Waals surface area contributed by atoms with Crippen molar-refractivity contribution in [2.24, 2.45) is 13.0 Å². The standard InChI is InChI=1S/C19H19N3O2S/c1-21-9-7-20-18(21)17(23)15-3-2-8-22(12-15)19(24)14-4-5-16-13(11-14)6-10-25-16/h4-7,9-11,15H,2-3,8,12H2,1H3/t15-/m1/s1. The Morgan fingerprint density at radius 3 is 2.96 bits per heavy atom. The maximum Gasteiger partial charge on any atom is 0.253 e. The number of rotatable bonds is 3. The van der Waals surface area contributed by atoms with Crippen LogP contribution in [0.5, 0.6) is 0 Å². The van der Waals surface area contributed by atoms with Crippen LogP contribution in [0.2, 0.25) is 0 Å². The fraction of sp³-hybridized carbons (Fsp3) is 0.316. The van der Waals surface area contributed by atoms with Gasteiger partial charge >= 0.3 is 0 Å². The second-order valence-electron chi connectivity index (χ2n) is 6.49. The molecular formula is C19H19N3O2S. The lowest BCUT2D eigenvalue weighted by Gasteiger charge is -2.32. The lowest BCUT2D eigenvalue weighted by Crippen LogP contribution is -2.42. The third-order valence-electron chi connectivity index (χ3n) is 4.82. The number of aryl methyl sites for hydroxylation is 1. The van der Waals surface area contributed by atoms with Gasteiger partial charge in [0.1, 0.15) is 0 Å². The molecule has 4 rings (SSSR count). The largest absolute Gasteiger partial charge is 0.338 e. The van der Waals surface area contributed by atoms with Gasteiger partial charge in [-0.15, -0.1) is 11.3 Å². The van der Waals surface area contributed by atoms with Crippen LogP contribution in [0.1, 0.15) is 33.8 Å². The van der Waals surface area contributed by atoms with E-state index >= 15 is 0 Å². The van der Waals surface area contributed by atoms with Crippen LogP contribution < -0.4 is 0 Å². The minimum atomic E-state index is -0.177. The Balaban J connectivity index is 1.53. The molecule has 6 heteroatoms. The van der Waals surface area contributed by atoms with Crippen LogP contribution in [0.4, 0.5) is 0 Å². The summed E-state index contributed by atoms with van der Waals surface area (Å²) in [6, 6.07) is 7.85. The van der Waals surface area contributed by atoms with Crippen molar-refractivity contribution in [2.75, 3.05) is 13.1 Å². The monoisotopic (exact) mass is 353 g/mol. The van der Waals surface area contributed by atoms with Gasteiger partial charge in [0, 0.05) is 48.7 Å². The van der Waals surface area contributed by atoms with E-state index in [-0.39, 0.29) is 17.6 Å². The number of Topliss-reactive ketones (excluding diaryl/α,β-unsaturated/α-hetero) is 1. The highest BCUT2D eigenvalue weighted by atomic mass is 32.1. The Morgan fingerprint density at radius 2 is 2.16 bits per heavy atom. The highest BCUT2D eigenvalue weighted by molar-refractivity contribution is 7.17. The molecule has 1 atom stereocenters. The molecule has 0 N–H and O–H groups in total. The van der Waals surface area contributed by atoms with Gasteiger partial charge in [0.25, 0.3) is 5.91 Å². The van der Waals surface area contributed by atoms with E-state index in [9.17, 15) is 9.59 Å². The van der Waals surface area contributed by atoms with Gasteiger partial charge in [-0.3, -0.25) is 9.59 Å². The van der Waals surface area contributed by atoms with Gasteiger partial charge in [-0.05, 0) is 47.9 Å². The van der Waals surface area contributed by atoms with Gasteiger partial charge in [-0.2, -0.15) is 0 Å². The number of likely N-dealkylation sites (tertiary alicyclic amines) is 1. The fourth-order valence-corrected chi connectivity index (χ4v) is 4.21. The van der Waals surface area contributed by atoms with Crippen LogP contribution >= 0.6 is 11.3 Å². The number of hydrogen-bond acceptors (Lipinski definition) is 4. The summed E-state index contributed by atoms with van der Waals surface area (Å²) >= 11 is 1.67. The molecule has 5 nitrogen and oxygen atoms in total. The maximum atomic E-state index is 12.9. The van der Waals surface area contributed by atoms with Crippen molar-refractivity contribution in [3.63, 3.8) is 0 Å². The molecule has 1 aromatic carbocycles. The average molecular weight is 353 g/mol. The van der Waals surface area contributed by atoms with E-state index in [0.717, 1.165) is 18.2 Å². The predicted octanol–water partition coefficient (Wildman–Crippen LogP) is 3.37. The Hall–Kier alpha value is -2.47. The Labute approximate surface area is 149 Å². The van der Waals surface area contributed by atoms with E-state index in [1.807, 2.05) is 41.6 Å². The smallest absolute Gasteiger partial charge is 0.253 e.